The number of rotatable bonds is 8. The molecule has 16 heavy (non-hydrogen) atoms. The van der Waals surface area contributed by atoms with E-state index in [0.717, 1.165) is 11.6 Å². The summed E-state index contributed by atoms with van der Waals surface area (Å²) in [6, 6.07) is 0. The summed E-state index contributed by atoms with van der Waals surface area (Å²) in [7, 11) is 5.54. The van der Waals surface area contributed by atoms with Gasteiger partial charge in [0.05, 0.1) is 21.1 Å². The fourth-order valence-corrected chi connectivity index (χ4v) is 5.59. The van der Waals surface area contributed by atoms with Crippen LogP contribution in [0, 0.1) is 0 Å². The average molecular weight is 270 g/mol. The van der Waals surface area contributed by atoms with E-state index < -0.39 is 12.5 Å². The Labute approximate surface area is 101 Å². The third-order valence-electron chi connectivity index (χ3n) is 1.70. The number of hydrogen-bond acceptors (Lipinski definition) is 3. The topological polar surface area (TPSA) is 74.6 Å². The Morgan fingerprint density at radius 3 is 2.25 bits per heavy atom. The molecule has 0 aliphatic rings. The third kappa shape index (κ3) is 10.5. The van der Waals surface area contributed by atoms with E-state index >= 15 is 0 Å². The number of nitrogens with zero attached hydrogens (tertiary/aromatic N) is 1. The molecule has 0 aromatic rings. The Hall–Kier alpha value is -0.0300. The highest BCUT2D eigenvalue weighted by Gasteiger charge is 2.29. The molecule has 0 bridgehead atoms. The molecular weight excluding hydrogens is 249 g/mol. The van der Waals surface area contributed by atoms with Gasteiger partial charge in [0.2, 0.25) is 0 Å². The molecule has 0 fully saturated rings. The van der Waals surface area contributed by atoms with E-state index in [1.54, 1.807) is 0 Å². The average Bonchev–Trinajstić information content (AvgIpc) is 1.97. The van der Waals surface area contributed by atoms with Gasteiger partial charge in [0, 0.05) is 12.6 Å². The normalized spacial score (nSPS) is 15.8. The summed E-state index contributed by atoms with van der Waals surface area (Å²) in [6.07, 6.45) is 2.26. The molecule has 0 saturated heterocycles. The number of carboxylic acid groups (broad SMARTS) is 1. The maximum Gasteiger partial charge on any atom is 0.310 e. The highest BCUT2D eigenvalue weighted by molar-refractivity contribution is 8.53. The van der Waals surface area contributed by atoms with Gasteiger partial charge in [-0.05, 0) is 12.8 Å². The zero-order valence-electron chi connectivity index (χ0n) is 10.0. The number of carbonyl (C=O) groups is 1. The molecule has 0 radical (unpaired) electrons. The van der Waals surface area contributed by atoms with Crippen LogP contribution in [0.25, 0.3) is 0 Å². The summed E-state index contributed by atoms with van der Waals surface area (Å²) in [4.78, 5) is 19.9. The van der Waals surface area contributed by atoms with Crippen LogP contribution in [0.1, 0.15) is 25.7 Å². The first-order valence-electron chi connectivity index (χ1n) is 5.19. The van der Waals surface area contributed by atoms with E-state index in [1.165, 1.54) is 0 Å². The van der Waals surface area contributed by atoms with Gasteiger partial charge in [-0.15, -0.1) is 0 Å². The van der Waals surface area contributed by atoms with Crippen LogP contribution < -0.4 is 0 Å². The second-order valence-corrected chi connectivity index (χ2v) is 9.72. The second-order valence-electron chi connectivity index (χ2n) is 4.54. The SMILES string of the molecule is C[N+](C)(C)SP(=O)(O)CCCCCC(=O)O. The molecule has 0 amide bonds. The summed E-state index contributed by atoms with van der Waals surface area (Å²) in [5.74, 6) is -0.812. The molecule has 0 saturated carbocycles. The van der Waals surface area contributed by atoms with Gasteiger partial charge in [-0.1, -0.05) is 6.42 Å². The summed E-state index contributed by atoms with van der Waals surface area (Å²) in [6.45, 7) is -3.14. The van der Waals surface area contributed by atoms with Crippen molar-refractivity contribution in [3.8, 4) is 0 Å². The van der Waals surface area contributed by atoms with Gasteiger partial charge in [-0.3, -0.25) is 13.2 Å². The van der Waals surface area contributed by atoms with E-state index in [2.05, 4.69) is 0 Å². The molecule has 1 atom stereocenters. The smallest absolute Gasteiger partial charge is 0.310 e. The highest BCUT2D eigenvalue weighted by atomic mass is 32.7. The standard InChI is InChI=1S/C9H20NO4PS/c1-10(2,3)16-15(13,14)8-6-4-5-7-9(11)12/h4-8H2,1-3H3,(H-,11,12,13,14)/p+1. The molecule has 2 N–H and O–H groups in total. The van der Waals surface area contributed by atoms with Crippen LogP contribution in [0.4, 0.5) is 0 Å². The molecule has 0 aromatic carbocycles. The van der Waals surface area contributed by atoms with Crippen molar-refractivity contribution in [1.82, 2.24) is 0 Å². The minimum Gasteiger partial charge on any atom is -0.481 e. The lowest BCUT2D eigenvalue weighted by Gasteiger charge is -2.22. The summed E-state index contributed by atoms with van der Waals surface area (Å²) >= 11 is 1.06. The first-order valence-corrected chi connectivity index (χ1v) is 8.41. The van der Waals surface area contributed by atoms with Crippen LogP contribution in [0.5, 0.6) is 0 Å². The van der Waals surface area contributed by atoms with Crippen LogP contribution in [0.15, 0.2) is 0 Å². The minimum atomic E-state index is -3.14. The van der Waals surface area contributed by atoms with Crippen LogP contribution in [-0.4, -0.2) is 47.2 Å². The van der Waals surface area contributed by atoms with Crippen LogP contribution in [-0.2, 0) is 9.36 Å². The van der Waals surface area contributed by atoms with E-state index in [9.17, 15) is 14.3 Å². The van der Waals surface area contributed by atoms with E-state index in [1.807, 2.05) is 21.1 Å². The molecule has 0 aromatic heterocycles. The number of carboxylic acids is 1. The first-order chi connectivity index (χ1) is 7.12. The fourth-order valence-electron chi connectivity index (χ4n) is 1.19. The van der Waals surface area contributed by atoms with Gasteiger partial charge in [0.25, 0.3) is 0 Å². The van der Waals surface area contributed by atoms with Crippen molar-refractivity contribution in [3.05, 3.63) is 0 Å². The molecule has 0 aliphatic heterocycles. The lowest BCUT2D eigenvalue weighted by atomic mass is 10.2. The number of aliphatic carboxylic acids is 1. The number of unbranched alkanes of at least 4 members (excludes halogenated alkanes) is 2. The minimum absolute atomic E-state index is 0.137. The lowest BCUT2D eigenvalue weighted by molar-refractivity contribution is -0.724. The van der Waals surface area contributed by atoms with Crippen molar-refractivity contribution < 1.29 is 23.2 Å². The van der Waals surface area contributed by atoms with Gasteiger partial charge in [-0.2, -0.15) is 0 Å². The Bertz CT molecular complexity index is 277. The van der Waals surface area contributed by atoms with Gasteiger partial charge >= 0.3 is 12.5 Å². The molecule has 5 nitrogen and oxygen atoms in total. The predicted molar refractivity (Wildman–Crippen MR) is 66.4 cm³/mol. The Kier molecular flexibility index (Phi) is 6.63. The Morgan fingerprint density at radius 2 is 1.81 bits per heavy atom. The van der Waals surface area contributed by atoms with Crippen molar-refractivity contribution in [3.63, 3.8) is 0 Å². The van der Waals surface area contributed by atoms with E-state index in [4.69, 9.17) is 5.11 Å². The molecule has 0 spiro atoms. The molecule has 0 rings (SSSR count). The van der Waals surface area contributed by atoms with Crippen LogP contribution in [0.2, 0.25) is 0 Å². The molecule has 1 unspecified atom stereocenters. The maximum absolute atomic E-state index is 11.7. The van der Waals surface area contributed by atoms with Crippen LogP contribution in [0.3, 0.4) is 0 Å². The monoisotopic (exact) mass is 270 g/mol. The van der Waals surface area contributed by atoms with Crippen molar-refractivity contribution in [1.29, 1.82) is 0 Å². The zero-order valence-corrected chi connectivity index (χ0v) is 11.8. The van der Waals surface area contributed by atoms with Gasteiger partial charge in [0.1, 0.15) is 0 Å². The maximum atomic E-state index is 11.7. The summed E-state index contributed by atoms with van der Waals surface area (Å²) in [5, 5.41) is 8.41. The molecule has 96 valence electrons. The second kappa shape index (κ2) is 6.64. The number of hydrogen-bond donors (Lipinski definition) is 2. The first kappa shape index (κ1) is 16.0. The van der Waals surface area contributed by atoms with E-state index in [0.29, 0.717) is 23.2 Å². The number of quaternary nitrogens is 1. The largest absolute Gasteiger partial charge is 0.481 e. The zero-order chi connectivity index (χ0) is 12.8. The van der Waals surface area contributed by atoms with Gasteiger partial charge < -0.3 is 10.00 Å². The van der Waals surface area contributed by atoms with Gasteiger partial charge in [-0.25, -0.2) is 0 Å². The Balaban J connectivity index is 3.75. The van der Waals surface area contributed by atoms with Crippen LogP contribution >= 0.6 is 18.1 Å². The van der Waals surface area contributed by atoms with Crippen molar-refractivity contribution in [2.24, 2.45) is 0 Å². The van der Waals surface area contributed by atoms with Crippen molar-refractivity contribution >= 4 is 24.1 Å². The third-order valence-corrected chi connectivity index (χ3v) is 6.11. The highest BCUT2D eigenvalue weighted by Crippen LogP contribution is 2.57. The molecule has 7 heteroatoms. The van der Waals surface area contributed by atoms with Crippen molar-refractivity contribution in [2.75, 3.05) is 27.3 Å². The Morgan fingerprint density at radius 1 is 1.25 bits per heavy atom. The molecule has 0 aliphatic carbocycles. The molecule has 0 heterocycles. The summed E-state index contributed by atoms with van der Waals surface area (Å²) < 4.78 is 12.1. The van der Waals surface area contributed by atoms with Gasteiger partial charge in [0.15, 0.2) is 11.6 Å². The molecular formula is C9H21NO4PS+. The predicted octanol–water partition coefficient (Wildman–Crippen LogP) is 2.17. The van der Waals surface area contributed by atoms with E-state index in [-0.39, 0.29) is 12.6 Å². The quantitative estimate of drug-likeness (QED) is 0.306. The van der Waals surface area contributed by atoms with Crippen molar-refractivity contribution in [2.45, 2.75) is 25.7 Å². The summed E-state index contributed by atoms with van der Waals surface area (Å²) in [5.41, 5.74) is 0. The lowest BCUT2D eigenvalue weighted by Crippen LogP contribution is -2.24. The fraction of sp³-hybridized carbons (Fsp3) is 0.889.